The normalized spacial score (nSPS) is 29.2. The van der Waals surface area contributed by atoms with Gasteiger partial charge in [-0.15, -0.1) is 0 Å². The fourth-order valence-electron chi connectivity index (χ4n) is 4.03. The van der Waals surface area contributed by atoms with Crippen molar-refractivity contribution in [1.29, 1.82) is 0 Å². The minimum atomic E-state index is -0.979. The summed E-state index contributed by atoms with van der Waals surface area (Å²) in [6.07, 6.45) is 5.15. The van der Waals surface area contributed by atoms with Gasteiger partial charge in [-0.2, -0.15) is 0 Å². The second-order valence-electron chi connectivity index (χ2n) is 7.73. The highest BCUT2D eigenvalue weighted by atomic mass is 16.4. The lowest BCUT2D eigenvalue weighted by Crippen LogP contribution is -2.55. The molecular formula is C16H28N2O3. The van der Waals surface area contributed by atoms with Crippen molar-refractivity contribution in [1.82, 2.24) is 10.2 Å². The van der Waals surface area contributed by atoms with Gasteiger partial charge in [0.15, 0.2) is 0 Å². The summed E-state index contributed by atoms with van der Waals surface area (Å²) < 4.78 is 0. The summed E-state index contributed by atoms with van der Waals surface area (Å²) in [5.74, 6) is 1.16. The Morgan fingerprint density at radius 2 is 1.95 bits per heavy atom. The number of fused-ring (bicyclic) bond motifs is 2. The molecule has 2 amide bonds. The first-order valence-corrected chi connectivity index (χ1v) is 7.98. The van der Waals surface area contributed by atoms with E-state index in [1.807, 2.05) is 20.8 Å². The molecule has 0 aromatic carbocycles. The monoisotopic (exact) mass is 296 g/mol. The highest BCUT2D eigenvalue weighted by molar-refractivity contribution is 5.81. The first-order chi connectivity index (χ1) is 9.68. The summed E-state index contributed by atoms with van der Waals surface area (Å²) in [7, 11) is 0. The topological polar surface area (TPSA) is 69.6 Å². The van der Waals surface area contributed by atoms with Gasteiger partial charge in [0, 0.05) is 11.6 Å². The van der Waals surface area contributed by atoms with Crippen molar-refractivity contribution in [2.45, 2.75) is 65.0 Å². The number of nitrogens with zero attached hydrogens (tertiary/aromatic N) is 1. The maximum Gasteiger partial charge on any atom is 0.323 e. The van der Waals surface area contributed by atoms with E-state index < -0.39 is 11.5 Å². The largest absolute Gasteiger partial charge is 0.480 e. The first kappa shape index (κ1) is 16.1. The summed E-state index contributed by atoms with van der Waals surface area (Å²) in [5, 5.41) is 12.0. The van der Waals surface area contributed by atoms with Gasteiger partial charge in [0.05, 0.1) is 0 Å². The average Bonchev–Trinajstić information content (AvgIpc) is 2.96. The lowest BCUT2D eigenvalue weighted by molar-refractivity contribution is -0.138. The smallest absolute Gasteiger partial charge is 0.323 e. The number of amides is 2. The lowest BCUT2D eigenvalue weighted by atomic mass is 9.84. The fraction of sp³-hybridized carbons (Fsp3) is 0.875. The van der Waals surface area contributed by atoms with E-state index in [0.29, 0.717) is 5.92 Å². The molecule has 2 aliphatic carbocycles. The quantitative estimate of drug-likeness (QED) is 0.838. The number of rotatable bonds is 4. The molecule has 2 fully saturated rings. The summed E-state index contributed by atoms with van der Waals surface area (Å²) in [5.41, 5.74) is -0.503. The Bertz CT molecular complexity index is 416. The Hall–Kier alpha value is -1.26. The SMILES string of the molecule is CC(NC(=O)N(CC(=O)O)C(C)(C)C)C1CC2CCC1C2. The van der Waals surface area contributed by atoms with E-state index in [9.17, 15) is 9.59 Å². The molecule has 2 N–H and O–H groups in total. The zero-order valence-electron chi connectivity index (χ0n) is 13.6. The summed E-state index contributed by atoms with van der Waals surface area (Å²) >= 11 is 0. The number of aliphatic carboxylic acids is 1. The van der Waals surface area contributed by atoms with Crippen LogP contribution in [-0.4, -0.2) is 40.1 Å². The summed E-state index contributed by atoms with van der Waals surface area (Å²) in [6, 6.07) is -0.147. The van der Waals surface area contributed by atoms with Crippen LogP contribution in [0.4, 0.5) is 4.79 Å². The van der Waals surface area contributed by atoms with Crippen LogP contribution < -0.4 is 5.32 Å². The number of carbonyl (C=O) groups is 2. The van der Waals surface area contributed by atoms with Crippen LogP contribution in [-0.2, 0) is 4.79 Å². The minimum absolute atomic E-state index is 0.117. The van der Waals surface area contributed by atoms with Gasteiger partial charge in [-0.25, -0.2) is 4.79 Å². The van der Waals surface area contributed by atoms with Crippen molar-refractivity contribution in [2.24, 2.45) is 17.8 Å². The van der Waals surface area contributed by atoms with Crippen molar-refractivity contribution < 1.29 is 14.7 Å². The molecule has 2 aliphatic rings. The van der Waals surface area contributed by atoms with E-state index in [1.54, 1.807) is 0 Å². The van der Waals surface area contributed by atoms with Crippen molar-refractivity contribution in [2.75, 3.05) is 6.54 Å². The van der Waals surface area contributed by atoms with Crippen molar-refractivity contribution in [3.8, 4) is 0 Å². The van der Waals surface area contributed by atoms with Gasteiger partial charge in [0.25, 0.3) is 0 Å². The molecule has 2 saturated carbocycles. The van der Waals surface area contributed by atoms with Crippen molar-refractivity contribution in [3.05, 3.63) is 0 Å². The Labute approximate surface area is 127 Å². The van der Waals surface area contributed by atoms with E-state index in [1.165, 1.54) is 30.6 Å². The van der Waals surface area contributed by atoms with Gasteiger partial charge in [0.1, 0.15) is 6.54 Å². The standard InChI is InChI=1S/C16H28N2O3/c1-10(13-8-11-5-6-12(13)7-11)17-15(21)18(9-14(19)20)16(2,3)4/h10-13H,5-9H2,1-4H3,(H,17,21)(H,19,20). The zero-order chi connectivity index (χ0) is 15.8. The van der Waals surface area contributed by atoms with Gasteiger partial charge >= 0.3 is 12.0 Å². The summed E-state index contributed by atoms with van der Waals surface area (Å²) in [6.45, 7) is 7.37. The number of carbonyl (C=O) groups excluding carboxylic acids is 1. The average molecular weight is 296 g/mol. The van der Waals surface area contributed by atoms with Crippen LogP contribution in [0.15, 0.2) is 0 Å². The number of carboxylic acids is 1. The number of urea groups is 1. The zero-order valence-corrected chi connectivity index (χ0v) is 13.6. The molecule has 0 aliphatic heterocycles. The summed E-state index contributed by atoms with van der Waals surface area (Å²) in [4.78, 5) is 24.8. The van der Waals surface area contributed by atoms with Gasteiger partial charge in [0.2, 0.25) is 0 Å². The molecule has 21 heavy (non-hydrogen) atoms. The third-order valence-electron chi connectivity index (χ3n) is 5.13. The molecule has 0 aromatic rings. The third-order valence-corrected chi connectivity index (χ3v) is 5.13. The number of hydrogen-bond acceptors (Lipinski definition) is 2. The molecule has 2 bridgehead atoms. The predicted molar refractivity (Wildman–Crippen MR) is 81.0 cm³/mol. The second-order valence-corrected chi connectivity index (χ2v) is 7.73. The maximum atomic E-state index is 12.5. The Morgan fingerprint density at radius 3 is 2.38 bits per heavy atom. The maximum absolute atomic E-state index is 12.5. The van der Waals surface area contributed by atoms with Gasteiger partial charge < -0.3 is 15.3 Å². The Morgan fingerprint density at radius 1 is 1.29 bits per heavy atom. The highest BCUT2D eigenvalue weighted by Crippen LogP contribution is 2.49. The first-order valence-electron chi connectivity index (χ1n) is 7.98. The third kappa shape index (κ3) is 3.69. The predicted octanol–water partition coefficient (Wildman–Crippen LogP) is 2.71. The van der Waals surface area contributed by atoms with Crippen molar-refractivity contribution >= 4 is 12.0 Å². The molecule has 120 valence electrons. The number of nitrogens with one attached hydrogen (secondary N) is 1. The van der Waals surface area contributed by atoms with E-state index in [4.69, 9.17) is 5.11 Å². The second kappa shape index (κ2) is 5.85. The molecule has 0 aromatic heterocycles. The molecule has 0 spiro atoms. The van der Waals surface area contributed by atoms with Gasteiger partial charge in [-0.3, -0.25) is 4.79 Å². The van der Waals surface area contributed by atoms with E-state index in [2.05, 4.69) is 12.2 Å². The van der Waals surface area contributed by atoms with Gasteiger partial charge in [-0.1, -0.05) is 6.42 Å². The number of hydrogen-bond donors (Lipinski definition) is 2. The molecule has 5 nitrogen and oxygen atoms in total. The molecule has 0 saturated heterocycles. The van der Waals surface area contributed by atoms with E-state index in [-0.39, 0.29) is 18.6 Å². The van der Waals surface area contributed by atoms with E-state index >= 15 is 0 Å². The van der Waals surface area contributed by atoms with Crippen LogP contribution in [0.1, 0.15) is 53.4 Å². The van der Waals surface area contributed by atoms with Crippen LogP contribution in [0, 0.1) is 17.8 Å². The minimum Gasteiger partial charge on any atom is -0.480 e. The van der Waals surface area contributed by atoms with Crippen LogP contribution in [0.2, 0.25) is 0 Å². The van der Waals surface area contributed by atoms with Crippen molar-refractivity contribution in [3.63, 3.8) is 0 Å². The van der Waals surface area contributed by atoms with Crippen LogP contribution in [0.25, 0.3) is 0 Å². The Kier molecular flexibility index (Phi) is 4.49. The molecule has 4 unspecified atom stereocenters. The number of carboxylic acid groups (broad SMARTS) is 1. The van der Waals surface area contributed by atoms with Crippen LogP contribution in [0.5, 0.6) is 0 Å². The molecule has 5 heteroatoms. The molecule has 0 heterocycles. The fourth-order valence-corrected chi connectivity index (χ4v) is 4.03. The van der Waals surface area contributed by atoms with Crippen LogP contribution in [0.3, 0.4) is 0 Å². The lowest BCUT2D eigenvalue weighted by Gasteiger charge is -2.37. The molecular weight excluding hydrogens is 268 g/mol. The molecule has 2 rings (SSSR count). The molecule has 0 radical (unpaired) electrons. The Balaban J connectivity index is 1.96. The van der Waals surface area contributed by atoms with E-state index in [0.717, 1.165) is 11.8 Å². The molecule has 4 atom stereocenters. The van der Waals surface area contributed by atoms with Gasteiger partial charge in [-0.05, 0) is 64.7 Å². The van der Waals surface area contributed by atoms with Crippen LogP contribution >= 0.6 is 0 Å². The highest BCUT2D eigenvalue weighted by Gasteiger charge is 2.42.